The lowest BCUT2D eigenvalue weighted by Crippen LogP contribution is -2.10. The Balaban J connectivity index is 3.26. The maximum absolute atomic E-state index is 11.8. The fourth-order valence-corrected chi connectivity index (χ4v) is 2.19. The Labute approximate surface area is 104 Å². The van der Waals surface area contributed by atoms with E-state index in [1.54, 1.807) is 0 Å². The van der Waals surface area contributed by atoms with Crippen molar-refractivity contribution in [3.63, 3.8) is 0 Å². The number of nitrogens with zero attached hydrogens (tertiary/aromatic N) is 1. The van der Waals surface area contributed by atoms with Crippen LogP contribution < -0.4 is 0 Å². The fourth-order valence-electron chi connectivity index (χ4n) is 2.19. The molecular weight excluding hydrogens is 214 g/mol. The molecule has 0 radical (unpaired) electrons. The molecule has 0 saturated carbocycles. The molecular formula is C14H23NO2. The van der Waals surface area contributed by atoms with Crippen molar-refractivity contribution in [2.24, 2.45) is 0 Å². The van der Waals surface area contributed by atoms with E-state index in [4.69, 9.17) is 4.74 Å². The van der Waals surface area contributed by atoms with Crippen molar-refractivity contribution < 1.29 is 9.53 Å². The Morgan fingerprint density at radius 1 is 1.35 bits per heavy atom. The average Bonchev–Trinajstić information content (AvgIpc) is 2.56. The van der Waals surface area contributed by atoms with E-state index < -0.39 is 0 Å². The van der Waals surface area contributed by atoms with Crippen LogP contribution in [0.25, 0.3) is 0 Å². The largest absolute Gasteiger partial charge is 0.462 e. The SMILES string of the molecule is CCOC(=O)c1cc(C(C)C)n(C(C)C)c1C. The lowest BCUT2D eigenvalue weighted by atomic mass is 10.1. The lowest BCUT2D eigenvalue weighted by molar-refractivity contribution is 0.0525. The highest BCUT2D eigenvalue weighted by Crippen LogP contribution is 2.26. The van der Waals surface area contributed by atoms with Gasteiger partial charge in [0, 0.05) is 17.4 Å². The van der Waals surface area contributed by atoms with Gasteiger partial charge in [0.25, 0.3) is 0 Å². The van der Waals surface area contributed by atoms with Crippen LogP contribution in [0.2, 0.25) is 0 Å². The Bertz CT molecular complexity index is 403. The Morgan fingerprint density at radius 3 is 2.29 bits per heavy atom. The number of esters is 1. The number of rotatable bonds is 4. The molecule has 0 N–H and O–H groups in total. The molecule has 0 aliphatic carbocycles. The van der Waals surface area contributed by atoms with E-state index in [1.807, 2.05) is 19.9 Å². The van der Waals surface area contributed by atoms with Gasteiger partial charge in [-0.2, -0.15) is 0 Å². The summed E-state index contributed by atoms with van der Waals surface area (Å²) in [6.07, 6.45) is 0. The van der Waals surface area contributed by atoms with Crippen molar-refractivity contribution in [1.29, 1.82) is 0 Å². The van der Waals surface area contributed by atoms with Crippen molar-refractivity contribution >= 4 is 5.97 Å². The van der Waals surface area contributed by atoms with Gasteiger partial charge < -0.3 is 9.30 Å². The molecule has 0 spiro atoms. The standard InChI is InChI=1S/C14H23NO2/c1-7-17-14(16)12-8-13(9(2)3)15(10(4)5)11(12)6/h8-10H,7H2,1-6H3. The van der Waals surface area contributed by atoms with Crippen LogP contribution in [0.4, 0.5) is 0 Å². The number of ether oxygens (including phenoxy) is 1. The molecule has 3 nitrogen and oxygen atoms in total. The monoisotopic (exact) mass is 237 g/mol. The summed E-state index contributed by atoms with van der Waals surface area (Å²) in [4.78, 5) is 11.8. The fraction of sp³-hybridized carbons (Fsp3) is 0.643. The Kier molecular flexibility index (Phi) is 4.38. The Morgan fingerprint density at radius 2 is 1.94 bits per heavy atom. The first-order chi connectivity index (χ1) is 7.90. The first-order valence-corrected chi connectivity index (χ1v) is 6.28. The normalized spacial score (nSPS) is 11.3. The molecule has 0 aliphatic heterocycles. The van der Waals surface area contributed by atoms with Gasteiger partial charge in [0.05, 0.1) is 12.2 Å². The van der Waals surface area contributed by atoms with Crippen molar-refractivity contribution in [2.75, 3.05) is 6.61 Å². The number of hydrogen-bond acceptors (Lipinski definition) is 2. The summed E-state index contributed by atoms with van der Waals surface area (Å²) in [5.41, 5.74) is 2.90. The zero-order valence-corrected chi connectivity index (χ0v) is 11.7. The molecule has 0 aromatic carbocycles. The van der Waals surface area contributed by atoms with E-state index in [1.165, 1.54) is 5.69 Å². The smallest absolute Gasteiger partial charge is 0.339 e. The minimum absolute atomic E-state index is 0.216. The second kappa shape index (κ2) is 5.39. The number of aromatic nitrogens is 1. The molecule has 0 fully saturated rings. The highest BCUT2D eigenvalue weighted by molar-refractivity contribution is 5.91. The third kappa shape index (κ3) is 2.71. The maximum Gasteiger partial charge on any atom is 0.339 e. The maximum atomic E-state index is 11.8. The molecule has 96 valence electrons. The predicted octanol–water partition coefficient (Wildman–Crippen LogP) is 3.68. The van der Waals surface area contributed by atoms with E-state index >= 15 is 0 Å². The minimum atomic E-state index is -0.216. The molecule has 0 bridgehead atoms. The van der Waals surface area contributed by atoms with E-state index in [2.05, 4.69) is 32.3 Å². The topological polar surface area (TPSA) is 31.2 Å². The summed E-state index contributed by atoms with van der Waals surface area (Å²) < 4.78 is 7.30. The third-order valence-corrected chi connectivity index (χ3v) is 2.92. The van der Waals surface area contributed by atoms with Crippen LogP contribution in [0.1, 0.15) is 68.3 Å². The summed E-state index contributed by atoms with van der Waals surface area (Å²) in [7, 11) is 0. The van der Waals surface area contributed by atoms with Gasteiger partial charge in [0.1, 0.15) is 0 Å². The summed E-state index contributed by atoms with van der Waals surface area (Å²) in [5, 5.41) is 0. The van der Waals surface area contributed by atoms with E-state index in [0.29, 0.717) is 24.1 Å². The average molecular weight is 237 g/mol. The number of carbonyl (C=O) groups excluding carboxylic acids is 1. The molecule has 0 atom stereocenters. The van der Waals surface area contributed by atoms with Crippen LogP contribution in [0.3, 0.4) is 0 Å². The molecule has 0 amide bonds. The minimum Gasteiger partial charge on any atom is -0.462 e. The van der Waals surface area contributed by atoms with Crippen LogP contribution in [-0.4, -0.2) is 17.1 Å². The zero-order valence-electron chi connectivity index (χ0n) is 11.7. The van der Waals surface area contributed by atoms with Gasteiger partial charge in [-0.3, -0.25) is 0 Å². The number of carbonyl (C=O) groups is 1. The number of hydrogen-bond donors (Lipinski definition) is 0. The van der Waals surface area contributed by atoms with Crippen LogP contribution in [-0.2, 0) is 4.74 Å². The third-order valence-electron chi connectivity index (χ3n) is 2.92. The van der Waals surface area contributed by atoms with E-state index in [9.17, 15) is 4.79 Å². The lowest BCUT2D eigenvalue weighted by Gasteiger charge is -2.17. The van der Waals surface area contributed by atoms with Gasteiger partial charge in [-0.15, -0.1) is 0 Å². The van der Waals surface area contributed by atoms with Crippen LogP contribution in [0, 0.1) is 6.92 Å². The molecule has 1 aromatic heterocycles. The van der Waals surface area contributed by atoms with Crippen molar-refractivity contribution in [2.45, 2.75) is 53.5 Å². The summed E-state index contributed by atoms with van der Waals surface area (Å²) in [6, 6.07) is 2.33. The molecule has 1 rings (SSSR count). The van der Waals surface area contributed by atoms with Crippen molar-refractivity contribution in [1.82, 2.24) is 4.57 Å². The molecule has 0 saturated heterocycles. The Hall–Kier alpha value is -1.25. The van der Waals surface area contributed by atoms with Gasteiger partial charge in [-0.05, 0) is 39.7 Å². The van der Waals surface area contributed by atoms with Crippen LogP contribution >= 0.6 is 0 Å². The second-order valence-electron chi connectivity index (χ2n) is 4.91. The second-order valence-corrected chi connectivity index (χ2v) is 4.91. The summed E-state index contributed by atoms with van der Waals surface area (Å²) in [5.74, 6) is 0.186. The van der Waals surface area contributed by atoms with Gasteiger partial charge in [0.15, 0.2) is 0 Å². The highest BCUT2D eigenvalue weighted by Gasteiger charge is 2.20. The zero-order chi connectivity index (χ0) is 13.2. The van der Waals surface area contributed by atoms with Crippen molar-refractivity contribution in [3.05, 3.63) is 23.0 Å². The molecule has 17 heavy (non-hydrogen) atoms. The van der Waals surface area contributed by atoms with Crippen LogP contribution in [0.5, 0.6) is 0 Å². The van der Waals surface area contributed by atoms with Crippen molar-refractivity contribution in [3.8, 4) is 0 Å². The first-order valence-electron chi connectivity index (χ1n) is 6.28. The molecule has 3 heteroatoms. The molecule has 0 unspecified atom stereocenters. The summed E-state index contributed by atoms with van der Waals surface area (Å²) in [6.45, 7) is 12.8. The highest BCUT2D eigenvalue weighted by atomic mass is 16.5. The first kappa shape index (κ1) is 13.8. The predicted molar refractivity (Wildman–Crippen MR) is 69.6 cm³/mol. The van der Waals surface area contributed by atoms with Gasteiger partial charge >= 0.3 is 5.97 Å². The molecule has 0 aliphatic rings. The van der Waals surface area contributed by atoms with E-state index in [0.717, 1.165) is 5.69 Å². The van der Waals surface area contributed by atoms with Crippen LogP contribution in [0.15, 0.2) is 6.07 Å². The van der Waals surface area contributed by atoms with Gasteiger partial charge in [-0.25, -0.2) is 4.79 Å². The van der Waals surface area contributed by atoms with Gasteiger partial charge in [0.2, 0.25) is 0 Å². The molecule has 1 aromatic rings. The van der Waals surface area contributed by atoms with E-state index in [-0.39, 0.29) is 5.97 Å². The molecule has 1 heterocycles. The quantitative estimate of drug-likeness (QED) is 0.748. The van der Waals surface area contributed by atoms with Gasteiger partial charge in [-0.1, -0.05) is 13.8 Å². The summed E-state index contributed by atoms with van der Waals surface area (Å²) >= 11 is 0.